The lowest BCUT2D eigenvalue weighted by Crippen LogP contribution is -2.43. The summed E-state index contributed by atoms with van der Waals surface area (Å²) in [6.45, 7) is 2.30. The molecule has 1 aliphatic rings. The van der Waals surface area contributed by atoms with E-state index in [0.29, 0.717) is 30.8 Å². The van der Waals surface area contributed by atoms with Crippen molar-refractivity contribution in [1.82, 2.24) is 4.90 Å². The lowest BCUT2D eigenvalue weighted by atomic mass is 10.1. The summed E-state index contributed by atoms with van der Waals surface area (Å²) in [5, 5.41) is 17.7. The molecule has 1 aromatic rings. The number of nitriles is 1. The first-order valence-electron chi connectivity index (χ1n) is 5.86. The SMILES string of the molecule is N#Cc1ccc(CN2CCOC(CO)C2)c(F)c1. The van der Waals surface area contributed by atoms with Crippen molar-refractivity contribution in [3.63, 3.8) is 0 Å². The Kier molecular flexibility index (Phi) is 4.26. The third-order valence-corrected chi connectivity index (χ3v) is 3.00. The number of morpholine rings is 1. The molecule has 0 aliphatic carbocycles. The Labute approximate surface area is 105 Å². The Balaban J connectivity index is 2.03. The van der Waals surface area contributed by atoms with Crippen LogP contribution in [0.3, 0.4) is 0 Å². The van der Waals surface area contributed by atoms with Gasteiger partial charge in [0.05, 0.1) is 31.0 Å². The molecule has 0 aromatic heterocycles. The molecule has 0 saturated carbocycles. The number of aliphatic hydroxyl groups is 1. The third kappa shape index (κ3) is 3.05. The predicted octanol–water partition coefficient (Wildman–Crippen LogP) is 0.890. The molecule has 96 valence electrons. The summed E-state index contributed by atoms with van der Waals surface area (Å²) in [7, 11) is 0. The normalized spacial score (nSPS) is 20.6. The van der Waals surface area contributed by atoms with E-state index >= 15 is 0 Å². The van der Waals surface area contributed by atoms with Crippen LogP contribution in [0.2, 0.25) is 0 Å². The summed E-state index contributed by atoms with van der Waals surface area (Å²) in [5.74, 6) is -0.360. The predicted molar refractivity (Wildman–Crippen MR) is 63.2 cm³/mol. The maximum atomic E-state index is 13.7. The van der Waals surface area contributed by atoms with Crippen LogP contribution in [-0.2, 0) is 11.3 Å². The van der Waals surface area contributed by atoms with E-state index in [9.17, 15) is 4.39 Å². The minimum absolute atomic E-state index is 0.0215. The van der Waals surface area contributed by atoms with E-state index in [2.05, 4.69) is 0 Å². The molecule has 1 heterocycles. The lowest BCUT2D eigenvalue weighted by molar-refractivity contribution is -0.0553. The van der Waals surface area contributed by atoms with E-state index in [-0.39, 0.29) is 18.5 Å². The van der Waals surface area contributed by atoms with Crippen molar-refractivity contribution in [3.05, 3.63) is 35.1 Å². The van der Waals surface area contributed by atoms with E-state index in [1.807, 2.05) is 11.0 Å². The minimum Gasteiger partial charge on any atom is -0.394 e. The highest BCUT2D eigenvalue weighted by Gasteiger charge is 2.20. The third-order valence-electron chi connectivity index (χ3n) is 3.00. The van der Waals surface area contributed by atoms with Crippen molar-refractivity contribution >= 4 is 0 Å². The van der Waals surface area contributed by atoms with Gasteiger partial charge in [-0.3, -0.25) is 4.90 Å². The van der Waals surface area contributed by atoms with Crippen molar-refractivity contribution in [3.8, 4) is 6.07 Å². The molecule has 1 saturated heterocycles. The van der Waals surface area contributed by atoms with Crippen molar-refractivity contribution in [2.75, 3.05) is 26.3 Å². The summed E-state index contributed by atoms with van der Waals surface area (Å²) >= 11 is 0. The van der Waals surface area contributed by atoms with Gasteiger partial charge in [0.15, 0.2) is 0 Å². The van der Waals surface area contributed by atoms with Gasteiger partial charge in [0.1, 0.15) is 5.82 Å². The monoisotopic (exact) mass is 250 g/mol. The number of nitrogens with zero attached hydrogens (tertiary/aromatic N) is 2. The molecule has 1 unspecified atom stereocenters. The molecule has 2 rings (SSSR count). The van der Waals surface area contributed by atoms with Crippen molar-refractivity contribution in [1.29, 1.82) is 5.26 Å². The summed E-state index contributed by atoms with van der Waals surface area (Å²) in [5.41, 5.74) is 0.888. The highest BCUT2D eigenvalue weighted by atomic mass is 19.1. The number of hydrogen-bond acceptors (Lipinski definition) is 4. The fourth-order valence-electron chi connectivity index (χ4n) is 2.02. The van der Waals surface area contributed by atoms with Crippen LogP contribution in [0.25, 0.3) is 0 Å². The molecular weight excluding hydrogens is 235 g/mol. The molecular formula is C13H15FN2O2. The summed E-state index contributed by atoms with van der Waals surface area (Å²) < 4.78 is 19.0. The van der Waals surface area contributed by atoms with E-state index in [4.69, 9.17) is 15.1 Å². The zero-order valence-corrected chi connectivity index (χ0v) is 9.97. The summed E-state index contributed by atoms with van der Waals surface area (Å²) in [4.78, 5) is 2.04. The van der Waals surface area contributed by atoms with Gasteiger partial charge in [-0.05, 0) is 12.1 Å². The number of rotatable bonds is 3. The largest absolute Gasteiger partial charge is 0.394 e. The average Bonchev–Trinajstić information content (AvgIpc) is 2.41. The summed E-state index contributed by atoms with van der Waals surface area (Å²) in [6.07, 6.45) is -0.194. The first kappa shape index (κ1) is 13.0. The van der Waals surface area contributed by atoms with Crippen molar-refractivity contribution in [2.45, 2.75) is 12.6 Å². The van der Waals surface area contributed by atoms with Crippen LogP contribution in [-0.4, -0.2) is 42.4 Å². The smallest absolute Gasteiger partial charge is 0.129 e. The number of hydrogen-bond donors (Lipinski definition) is 1. The van der Waals surface area contributed by atoms with Gasteiger partial charge < -0.3 is 9.84 Å². The van der Waals surface area contributed by atoms with E-state index in [0.717, 1.165) is 6.54 Å². The quantitative estimate of drug-likeness (QED) is 0.865. The van der Waals surface area contributed by atoms with Gasteiger partial charge in [-0.1, -0.05) is 6.07 Å². The Hall–Kier alpha value is -1.48. The van der Waals surface area contributed by atoms with Crippen molar-refractivity contribution < 1.29 is 14.2 Å². The summed E-state index contributed by atoms with van der Waals surface area (Å²) in [6, 6.07) is 6.41. The number of aliphatic hydroxyl groups excluding tert-OH is 1. The second kappa shape index (κ2) is 5.91. The molecule has 4 nitrogen and oxygen atoms in total. The molecule has 0 spiro atoms. The van der Waals surface area contributed by atoms with Crippen LogP contribution in [0.4, 0.5) is 4.39 Å². The maximum Gasteiger partial charge on any atom is 0.129 e. The van der Waals surface area contributed by atoms with Crippen LogP contribution in [0, 0.1) is 17.1 Å². The first-order chi connectivity index (χ1) is 8.72. The van der Waals surface area contributed by atoms with Gasteiger partial charge in [-0.15, -0.1) is 0 Å². The topological polar surface area (TPSA) is 56.5 Å². The minimum atomic E-state index is -0.360. The second-order valence-electron chi connectivity index (χ2n) is 4.33. The molecule has 0 amide bonds. The van der Waals surface area contributed by atoms with Crippen LogP contribution in [0.5, 0.6) is 0 Å². The lowest BCUT2D eigenvalue weighted by Gasteiger charge is -2.32. The van der Waals surface area contributed by atoms with Gasteiger partial charge >= 0.3 is 0 Å². The van der Waals surface area contributed by atoms with Crippen LogP contribution in [0.1, 0.15) is 11.1 Å². The zero-order valence-electron chi connectivity index (χ0n) is 9.97. The first-order valence-corrected chi connectivity index (χ1v) is 5.86. The molecule has 1 N–H and O–H groups in total. The molecule has 1 aliphatic heterocycles. The fraction of sp³-hybridized carbons (Fsp3) is 0.462. The Bertz CT molecular complexity index is 459. The molecule has 1 atom stereocenters. The average molecular weight is 250 g/mol. The van der Waals surface area contributed by atoms with Crippen LogP contribution < -0.4 is 0 Å². The van der Waals surface area contributed by atoms with Crippen LogP contribution >= 0.6 is 0 Å². The Morgan fingerprint density at radius 3 is 3.06 bits per heavy atom. The van der Waals surface area contributed by atoms with Gasteiger partial charge in [-0.25, -0.2) is 4.39 Å². The molecule has 1 fully saturated rings. The molecule has 0 radical (unpaired) electrons. The molecule has 1 aromatic carbocycles. The fourth-order valence-corrected chi connectivity index (χ4v) is 2.02. The number of halogens is 1. The van der Waals surface area contributed by atoms with Gasteiger partial charge in [0, 0.05) is 25.2 Å². The van der Waals surface area contributed by atoms with E-state index in [1.165, 1.54) is 6.07 Å². The Morgan fingerprint density at radius 2 is 2.39 bits per heavy atom. The highest BCUT2D eigenvalue weighted by molar-refractivity contribution is 5.32. The molecule has 18 heavy (non-hydrogen) atoms. The van der Waals surface area contributed by atoms with Gasteiger partial charge in [0.2, 0.25) is 0 Å². The Morgan fingerprint density at radius 1 is 1.56 bits per heavy atom. The molecule has 5 heteroatoms. The van der Waals surface area contributed by atoms with Crippen LogP contribution in [0.15, 0.2) is 18.2 Å². The standard InChI is InChI=1S/C13H15FN2O2/c14-13-5-10(6-15)1-2-11(13)7-16-3-4-18-12(8-16)9-17/h1-2,5,12,17H,3-4,7-9H2. The van der Waals surface area contributed by atoms with Gasteiger partial charge in [0.25, 0.3) is 0 Å². The molecule has 0 bridgehead atoms. The number of benzene rings is 1. The highest BCUT2D eigenvalue weighted by Crippen LogP contribution is 2.14. The second-order valence-corrected chi connectivity index (χ2v) is 4.33. The van der Waals surface area contributed by atoms with E-state index in [1.54, 1.807) is 12.1 Å². The maximum absolute atomic E-state index is 13.7. The zero-order chi connectivity index (χ0) is 13.0. The van der Waals surface area contributed by atoms with Crippen molar-refractivity contribution in [2.24, 2.45) is 0 Å². The van der Waals surface area contributed by atoms with E-state index < -0.39 is 0 Å². The van der Waals surface area contributed by atoms with Gasteiger partial charge in [-0.2, -0.15) is 5.26 Å². The number of ether oxygens (including phenoxy) is 1.